The first-order chi connectivity index (χ1) is 25.1. The van der Waals surface area contributed by atoms with Crippen LogP contribution in [-0.2, 0) is 0 Å². The average Bonchev–Trinajstić information content (AvgIpc) is 3.16. The van der Waals surface area contributed by atoms with E-state index >= 15 is 0 Å². The van der Waals surface area contributed by atoms with Crippen molar-refractivity contribution in [2.75, 3.05) is 0 Å². The van der Waals surface area contributed by atoms with Gasteiger partial charge in [-0.3, -0.25) is 0 Å². The fraction of sp³-hybridized carbons (Fsp3) is 0.0250. The predicted molar refractivity (Wildman–Crippen MR) is 185 cm³/mol. The van der Waals surface area contributed by atoms with Crippen LogP contribution in [0.15, 0.2) is 113 Å². The quantitative estimate of drug-likeness (QED) is 0.110. The highest BCUT2D eigenvalue weighted by Crippen LogP contribution is 2.42. The highest BCUT2D eigenvalue weighted by atomic mass is 19.1. The average molecular weight is 689 g/mol. The maximum Gasteiger partial charge on any atom is 0.140 e. The summed E-state index contributed by atoms with van der Waals surface area (Å²) < 4.78 is 56.0. The van der Waals surface area contributed by atoms with Crippen LogP contribution in [0.4, 0.5) is 17.6 Å². The summed E-state index contributed by atoms with van der Waals surface area (Å²) in [4.78, 5) is 14.5. The van der Waals surface area contributed by atoms with E-state index in [1.807, 2.05) is 24.3 Å². The van der Waals surface area contributed by atoms with Gasteiger partial charge in [0.15, 0.2) is 0 Å². The Kier molecular flexibility index (Phi) is 9.50. The van der Waals surface area contributed by atoms with Crippen molar-refractivity contribution < 1.29 is 17.6 Å². The molecule has 4 aromatic carbocycles. The summed E-state index contributed by atoms with van der Waals surface area (Å²) >= 11 is 0. The topological polar surface area (TPSA) is 159 Å². The van der Waals surface area contributed by atoms with Crippen molar-refractivity contribution in [2.45, 2.75) is 6.42 Å². The highest BCUT2D eigenvalue weighted by molar-refractivity contribution is 6.32. The fourth-order valence-corrected chi connectivity index (χ4v) is 5.57. The van der Waals surface area contributed by atoms with Crippen molar-refractivity contribution in [1.29, 1.82) is 21.0 Å². The maximum absolute atomic E-state index is 14.1. The smallest absolute Gasteiger partial charge is 0.140 e. The van der Waals surface area contributed by atoms with Crippen LogP contribution in [-0.4, -0.2) is 15.7 Å². The van der Waals surface area contributed by atoms with Gasteiger partial charge in [-0.25, -0.2) is 32.5 Å². The van der Waals surface area contributed by atoms with Crippen molar-refractivity contribution in [2.24, 2.45) is 10.7 Å². The van der Waals surface area contributed by atoms with Gasteiger partial charge in [-0.05, 0) is 103 Å². The van der Waals surface area contributed by atoms with Gasteiger partial charge in [0, 0.05) is 28.7 Å². The Balaban J connectivity index is 1.74. The molecule has 2 N–H and O–H groups in total. The first-order valence-electron chi connectivity index (χ1n) is 15.3. The number of allylic oxidation sites excluding steroid dienone is 4. The third-order valence-corrected chi connectivity index (χ3v) is 8.06. The van der Waals surface area contributed by atoms with Crippen molar-refractivity contribution >= 4 is 28.3 Å². The summed E-state index contributed by atoms with van der Waals surface area (Å²) in [5.74, 6) is -2.16. The number of halogens is 4. The van der Waals surface area contributed by atoms with Crippen LogP contribution in [0.25, 0.3) is 45.1 Å². The van der Waals surface area contributed by atoms with Gasteiger partial charge in [0.25, 0.3) is 0 Å². The maximum atomic E-state index is 14.1. The van der Waals surface area contributed by atoms with Crippen LogP contribution in [0.5, 0.6) is 0 Å². The zero-order valence-electron chi connectivity index (χ0n) is 26.7. The molecule has 0 saturated heterocycles. The van der Waals surface area contributed by atoms with E-state index < -0.39 is 28.8 Å². The van der Waals surface area contributed by atoms with E-state index in [1.165, 1.54) is 97.1 Å². The molecule has 0 aliphatic heterocycles. The highest BCUT2D eigenvalue weighted by Gasteiger charge is 2.34. The number of fused-ring (bicyclic) bond motifs is 1. The van der Waals surface area contributed by atoms with Crippen molar-refractivity contribution in [3.05, 3.63) is 154 Å². The van der Waals surface area contributed by atoms with E-state index in [2.05, 4.69) is 0 Å². The van der Waals surface area contributed by atoms with Gasteiger partial charge in [-0.15, -0.1) is 0 Å². The second kappa shape index (κ2) is 14.4. The van der Waals surface area contributed by atoms with Crippen LogP contribution in [0.2, 0.25) is 0 Å². The number of nitrogens with two attached hydrogens (primary N) is 1. The van der Waals surface area contributed by atoms with Crippen molar-refractivity contribution in [3.8, 4) is 46.8 Å². The SMILES string of the molecule is N#CC(C#N)=C1CC(=N/C(=C(\N)c2ccc(F)cc2)c2ccc(F)cc2)C(=C(C#N)C#N)c2nc(-c3ccc(F)cc3)c(-c3ccc(F)cc3)nc21. The van der Waals surface area contributed by atoms with Gasteiger partial charge in [0.2, 0.25) is 0 Å². The molecule has 1 aliphatic carbocycles. The lowest BCUT2D eigenvalue weighted by molar-refractivity contribution is 0.627. The molecule has 0 bridgehead atoms. The summed E-state index contributed by atoms with van der Waals surface area (Å²) in [6, 6.07) is 28.3. The van der Waals surface area contributed by atoms with Crippen LogP contribution < -0.4 is 5.73 Å². The lowest BCUT2D eigenvalue weighted by Crippen LogP contribution is -2.20. The van der Waals surface area contributed by atoms with Gasteiger partial charge in [-0.2, -0.15) is 21.0 Å². The van der Waals surface area contributed by atoms with E-state index in [4.69, 9.17) is 20.7 Å². The monoisotopic (exact) mass is 688 g/mol. The Morgan fingerprint density at radius 1 is 0.538 bits per heavy atom. The third-order valence-electron chi connectivity index (χ3n) is 8.06. The molecule has 1 aliphatic rings. The molecule has 5 aromatic rings. The Hall–Kier alpha value is -7.67. The molecule has 248 valence electrons. The van der Waals surface area contributed by atoms with E-state index in [0.29, 0.717) is 22.3 Å². The standard InChI is InChI=1S/C40H20F4N8/c41-28-9-1-22(2-10-28)35(49)36(23-3-11-29(42)12-4-23)50-33-17-32(26(18-45)19-46)39-40(34(33)27(20-47)21-48)52-38(25-7-15-31(44)16-8-25)37(51-39)24-5-13-30(43)14-6-24/h1-16H,17,49H2/b36-35-,50-33?. The normalized spacial score (nSPS) is 13.2. The first kappa shape index (κ1) is 34.2. The number of aromatic nitrogens is 2. The molecular weight excluding hydrogens is 668 g/mol. The summed E-state index contributed by atoms with van der Waals surface area (Å²) in [5, 5.41) is 40.6. The van der Waals surface area contributed by atoms with E-state index in [1.54, 1.807) is 0 Å². The number of benzene rings is 4. The van der Waals surface area contributed by atoms with E-state index in [9.17, 15) is 38.6 Å². The molecule has 0 fully saturated rings. The predicted octanol–water partition coefficient (Wildman–Crippen LogP) is 8.30. The second-order valence-corrected chi connectivity index (χ2v) is 11.2. The lowest BCUT2D eigenvalue weighted by Gasteiger charge is -2.25. The number of aliphatic imine (C=N–C) groups is 1. The summed E-state index contributed by atoms with van der Waals surface area (Å²) in [7, 11) is 0. The van der Waals surface area contributed by atoms with E-state index in [-0.39, 0.29) is 63.0 Å². The molecule has 1 heterocycles. The second-order valence-electron chi connectivity index (χ2n) is 11.2. The number of rotatable bonds is 5. The minimum Gasteiger partial charge on any atom is -0.396 e. The minimum absolute atomic E-state index is 0.00998. The zero-order valence-corrected chi connectivity index (χ0v) is 26.7. The van der Waals surface area contributed by atoms with Gasteiger partial charge in [-0.1, -0.05) is 0 Å². The summed E-state index contributed by atoms with van der Waals surface area (Å²) in [5.41, 5.74) is 7.27. The zero-order chi connectivity index (χ0) is 36.9. The molecule has 52 heavy (non-hydrogen) atoms. The number of hydrogen-bond donors (Lipinski definition) is 1. The summed E-state index contributed by atoms with van der Waals surface area (Å²) in [6.07, 6.45) is -0.333. The Morgan fingerprint density at radius 3 is 1.38 bits per heavy atom. The van der Waals surface area contributed by atoms with Gasteiger partial charge >= 0.3 is 0 Å². The molecular formula is C40H20F4N8. The number of nitriles is 4. The van der Waals surface area contributed by atoms with Crippen LogP contribution in [0.3, 0.4) is 0 Å². The van der Waals surface area contributed by atoms with E-state index in [0.717, 1.165) is 0 Å². The number of hydrogen-bond acceptors (Lipinski definition) is 8. The van der Waals surface area contributed by atoms with Gasteiger partial charge in [0.05, 0.1) is 39.8 Å². The molecule has 0 unspecified atom stereocenters. The third kappa shape index (κ3) is 6.64. The molecule has 0 spiro atoms. The lowest BCUT2D eigenvalue weighted by atomic mass is 9.83. The summed E-state index contributed by atoms with van der Waals surface area (Å²) in [6.45, 7) is 0. The van der Waals surface area contributed by atoms with Crippen molar-refractivity contribution in [1.82, 2.24) is 9.97 Å². The Morgan fingerprint density at radius 2 is 0.942 bits per heavy atom. The number of nitrogens with zero attached hydrogens (tertiary/aromatic N) is 7. The first-order valence-corrected chi connectivity index (χ1v) is 15.3. The Labute approximate surface area is 294 Å². The molecule has 0 radical (unpaired) electrons. The molecule has 0 amide bonds. The van der Waals surface area contributed by atoms with Gasteiger partial charge in [0.1, 0.15) is 64.4 Å². The molecule has 0 atom stereocenters. The fourth-order valence-electron chi connectivity index (χ4n) is 5.57. The largest absolute Gasteiger partial charge is 0.396 e. The van der Waals surface area contributed by atoms with Crippen LogP contribution >= 0.6 is 0 Å². The molecule has 6 rings (SSSR count). The van der Waals surface area contributed by atoms with Gasteiger partial charge < -0.3 is 5.73 Å². The Bertz CT molecular complexity index is 2510. The molecule has 1 aromatic heterocycles. The van der Waals surface area contributed by atoms with Crippen LogP contribution in [0.1, 0.15) is 28.9 Å². The minimum atomic E-state index is -0.557. The molecule has 0 saturated carbocycles. The molecule has 8 nitrogen and oxygen atoms in total. The molecule has 12 heteroatoms. The van der Waals surface area contributed by atoms with Crippen LogP contribution in [0, 0.1) is 68.6 Å². The van der Waals surface area contributed by atoms with Crippen molar-refractivity contribution in [3.63, 3.8) is 0 Å².